The number of thioether (sulfide) groups is 1. The molecule has 0 spiro atoms. The fourth-order valence-electron chi connectivity index (χ4n) is 0.956. The highest BCUT2D eigenvalue weighted by molar-refractivity contribution is 7.99. The third-order valence-electron chi connectivity index (χ3n) is 1.61. The van der Waals surface area contributed by atoms with Crippen molar-refractivity contribution in [1.82, 2.24) is 15.3 Å². The topological polar surface area (TPSA) is 118 Å². The molecule has 4 N–H and O–H groups in total. The van der Waals surface area contributed by atoms with Crippen molar-refractivity contribution in [2.24, 2.45) is 5.73 Å². The van der Waals surface area contributed by atoms with E-state index < -0.39 is 35.1 Å². The monoisotopic (exact) mass is 296 g/mol. The standard InChI is InChI=1S/C8H7F3N4O3S/c9-8(10,11)3-1-4(16)15-7(13-3)19-2-5(17)14-6(12)18/h1H,2H2,(H,13,15,16)(H3,12,14,17,18). The van der Waals surface area contributed by atoms with Gasteiger partial charge in [0.15, 0.2) is 10.9 Å². The Balaban J connectivity index is 2.80. The number of urea groups is 1. The molecule has 0 aliphatic heterocycles. The Hall–Kier alpha value is -2.04. The van der Waals surface area contributed by atoms with Crippen molar-refractivity contribution in [3.63, 3.8) is 0 Å². The molecule has 1 aromatic rings. The summed E-state index contributed by atoms with van der Waals surface area (Å²) in [6.45, 7) is 0. The van der Waals surface area contributed by atoms with Gasteiger partial charge in [-0.2, -0.15) is 13.2 Å². The van der Waals surface area contributed by atoms with Crippen LogP contribution in [0.1, 0.15) is 5.69 Å². The number of nitrogens with two attached hydrogens (primary N) is 1. The summed E-state index contributed by atoms with van der Waals surface area (Å²) in [5, 5.41) is 1.32. The number of halogens is 3. The van der Waals surface area contributed by atoms with E-state index in [9.17, 15) is 27.6 Å². The maximum absolute atomic E-state index is 12.4. The quantitative estimate of drug-likeness (QED) is 0.539. The summed E-state index contributed by atoms with van der Waals surface area (Å²) in [4.78, 5) is 37.5. The SMILES string of the molecule is NC(=O)NC(=O)CSc1nc(C(F)(F)F)cc(=O)[nH]1. The number of nitrogens with one attached hydrogen (secondary N) is 2. The molecule has 0 atom stereocenters. The van der Waals surface area contributed by atoms with Crippen molar-refractivity contribution in [3.8, 4) is 0 Å². The molecule has 19 heavy (non-hydrogen) atoms. The van der Waals surface area contributed by atoms with E-state index in [1.54, 1.807) is 5.32 Å². The van der Waals surface area contributed by atoms with Gasteiger partial charge in [-0.15, -0.1) is 0 Å². The lowest BCUT2D eigenvalue weighted by Crippen LogP contribution is -2.36. The first-order valence-corrected chi connectivity index (χ1v) is 5.57. The molecular formula is C8H7F3N4O3S. The van der Waals surface area contributed by atoms with Gasteiger partial charge in [-0.1, -0.05) is 11.8 Å². The van der Waals surface area contributed by atoms with E-state index in [0.29, 0.717) is 17.8 Å². The molecule has 0 aromatic carbocycles. The van der Waals surface area contributed by atoms with Crippen molar-refractivity contribution in [2.75, 3.05) is 5.75 Å². The van der Waals surface area contributed by atoms with Crippen LogP contribution in [0.2, 0.25) is 0 Å². The zero-order valence-corrected chi connectivity index (χ0v) is 9.89. The number of carbonyl (C=O) groups is 2. The van der Waals surface area contributed by atoms with Crippen LogP contribution in [0.25, 0.3) is 0 Å². The number of nitrogens with zero attached hydrogens (tertiary/aromatic N) is 1. The van der Waals surface area contributed by atoms with Gasteiger partial charge < -0.3 is 10.7 Å². The highest BCUT2D eigenvalue weighted by Gasteiger charge is 2.33. The zero-order valence-electron chi connectivity index (χ0n) is 9.08. The number of aromatic amines is 1. The molecule has 1 rings (SSSR count). The zero-order chi connectivity index (χ0) is 14.6. The fourth-order valence-corrected chi connectivity index (χ4v) is 1.63. The predicted octanol–water partition coefficient (Wildman–Crippen LogP) is 0.0757. The van der Waals surface area contributed by atoms with E-state index in [1.807, 2.05) is 4.98 Å². The van der Waals surface area contributed by atoms with Gasteiger partial charge in [0.05, 0.1) is 5.75 Å². The second-order valence-electron chi connectivity index (χ2n) is 3.13. The summed E-state index contributed by atoms with van der Waals surface area (Å²) in [5.41, 5.74) is 2.30. The first-order valence-electron chi connectivity index (χ1n) is 4.59. The van der Waals surface area contributed by atoms with Crippen LogP contribution in [0.4, 0.5) is 18.0 Å². The number of imide groups is 1. The number of H-pyrrole nitrogens is 1. The number of hydrogen-bond donors (Lipinski definition) is 3. The molecule has 0 saturated heterocycles. The molecule has 1 heterocycles. The lowest BCUT2D eigenvalue weighted by Gasteiger charge is -2.06. The van der Waals surface area contributed by atoms with E-state index in [4.69, 9.17) is 0 Å². The molecule has 11 heteroatoms. The molecule has 0 bridgehead atoms. The number of rotatable bonds is 3. The van der Waals surface area contributed by atoms with E-state index in [2.05, 4.69) is 10.7 Å². The molecule has 104 valence electrons. The van der Waals surface area contributed by atoms with Crippen molar-refractivity contribution in [1.29, 1.82) is 0 Å². The van der Waals surface area contributed by atoms with E-state index in [-0.39, 0.29) is 5.16 Å². The van der Waals surface area contributed by atoms with Crippen LogP contribution in [0, 0.1) is 0 Å². The van der Waals surface area contributed by atoms with Gasteiger partial charge in [-0.25, -0.2) is 9.78 Å². The number of carbonyl (C=O) groups excluding carboxylic acids is 2. The van der Waals surface area contributed by atoms with E-state index in [0.717, 1.165) is 0 Å². The molecule has 0 unspecified atom stereocenters. The van der Waals surface area contributed by atoms with Gasteiger partial charge in [0.25, 0.3) is 5.56 Å². The lowest BCUT2D eigenvalue weighted by atomic mass is 10.4. The predicted molar refractivity (Wildman–Crippen MR) is 58.3 cm³/mol. The molecule has 0 saturated carbocycles. The van der Waals surface area contributed by atoms with E-state index in [1.165, 1.54) is 0 Å². The minimum absolute atomic E-state index is 0.299. The number of primary amides is 1. The van der Waals surface area contributed by atoms with Crippen LogP contribution >= 0.6 is 11.8 Å². The van der Waals surface area contributed by atoms with Crippen LogP contribution in [0.5, 0.6) is 0 Å². The summed E-state index contributed by atoms with van der Waals surface area (Å²) < 4.78 is 37.1. The molecule has 1 aromatic heterocycles. The first-order chi connectivity index (χ1) is 8.68. The minimum atomic E-state index is -4.76. The largest absolute Gasteiger partial charge is 0.433 e. The van der Waals surface area contributed by atoms with Gasteiger partial charge in [0.1, 0.15) is 0 Å². The highest BCUT2D eigenvalue weighted by Crippen LogP contribution is 2.27. The van der Waals surface area contributed by atoms with Crippen LogP contribution in [-0.2, 0) is 11.0 Å². The second kappa shape index (κ2) is 5.73. The Morgan fingerprint density at radius 1 is 1.47 bits per heavy atom. The maximum atomic E-state index is 12.4. The third kappa shape index (κ3) is 4.99. The van der Waals surface area contributed by atoms with Crippen molar-refractivity contribution in [3.05, 3.63) is 22.1 Å². The molecule has 3 amide bonds. The average Bonchev–Trinajstić information content (AvgIpc) is 2.23. The Morgan fingerprint density at radius 3 is 2.63 bits per heavy atom. The molecule has 0 aliphatic rings. The van der Waals surface area contributed by atoms with Crippen LogP contribution in [-0.4, -0.2) is 27.7 Å². The van der Waals surface area contributed by atoms with Crippen molar-refractivity contribution >= 4 is 23.7 Å². The number of aromatic nitrogens is 2. The molecule has 0 fully saturated rings. The summed E-state index contributed by atoms with van der Waals surface area (Å²) in [5.74, 6) is -1.25. The van der Waals surface area contributed by atoms with Gasteiger partial charge in [-0.3, -0.25) is 14.9 Å². The van der Waals surface area contributed by atoms with Crippen molar-refractivity contribution in [2.45, 2.75) is 11.3 Å². The Kier molecular flexibility index (Phi) is 4.53. The summed E-state index contributed by atoms with van der Waals surface area (Å²) in [6.07, 6.45) is -4.76. The average molecular weight is 296 g/mol. The minimum Gasteiger partial charge on any atom is -0.351 e. The normalized spacial score (nSPS) is 11.1. The molecule has 0 radical (unpaired) electrons. The second-order valence-corrected chi connectivity index (χ2v) is 4.10. The summed E-state index contributed by atoms with van der Waals surface area (Å²) >= 11 is 0.528. The van der Waals surface area contributed by atoms with Crippen LogP contribution < -0.4 is 16.6 Å². The maximum Gasteiger partial charge on any atom is 0.433 e. The van der Waals surface area contributed by atoms with Gasteiger partial charge in [0.2, 0.25) is 5.91 Å². The van der Waals surface area contributed by atoms with Crippen LogP contribution in [0.15, 0.2) is 16.0 Å². The fraction of sp³-hybridized carbons (Fsp3) is 0.250. The Morgan fingerprint density at radius 2 is 2.11 bits per heavy atom. The third-order valence-corrected chi connectivity index (χ3v) is 2.49. The van der Waals surface area contributed by atoms with Gasteiger partial charge in [0, 0.05) is 6.07 Å². The summed E-state index contributed by atoms with van der Waals surface area (Å²) in [7, 11) is 0. The number of alkyl halides is 3. The first kappa shape index (κ1) is 15.0. The molecular weight excluding hydrogens is 289 g/mol. The Labute approximate surface area is 107 Å². The van der Waals surface area contributed by atoms with Gasteiger partial charge in [-0.05, 0) is 0 Å². The number of hydrogen-bond acceptors (Lipinski definition) is 5. The molecule has 0 aliphatic carbocycles. The highest BCUT2D eigenvalue weighted by atomic mass is 32.2. The van der Waals surface area contributed by atoms with Crippen LogP contribution in [0.3, 0.4) is 0 Å². The molecule has 7 nitrogen and oxygen atoms in total. The lowest BCUT2D eigenvalue weighted by molar-refractivity contribution is -0.141. The number of amides is 3. The van der Waals surface area contributed by atoms with Gasteiger partial charge >= 0.3 is 12.2 Å². The summed E-state index contributed by atoms with van der Waals surface area (Å²) in [6, 6.07) is -0.788. The smallest absolute Gasteiger partial charge is 0.351 e. The Bertz CT molecular complexity index is 557. The van der Waals surface area contributed by atoms with E-state index >= 15 is 0 Å². The van der Waals surface area contributed by atoms with Crippen molar-refractivity contribution < 1.29 is 22.8 Å².